The number of aliphatic hydroxyl groups excluding tert-OH is 1. The molecule has 1 nitrogen and oxygen atoms in total. The van der Waals surface area contributed by atoms with Gasteiger partial charge in [0, 0.05) is 7.11 Å². The van der Waals surface area contributed by atoms with Crippen LogP contribution in [0.3, 0.4) is 0 Å². The van der Waals surface area contributed by atoms with Crippen molar-refractivity contribution in [3.05, 3.63) is 37.6 Å². The summed E-state index contributed by atoms with van der Waals surface area (Å²) in [5.41, 5.74) is 4.39. The van der Waals surface area contributed by atoms with E-state index in [-0.39, 0.29) is 46.5 Å². The van der Waals surface area contributed by atoms with Crippen LogP contribution in [-0.4, -0.2) is 12.2 Å². The van der Waals surface area contributed by atoms with E-state index in [1.807, 2.05) is 0 Å². The second-order valence-electron chi connectivity index (χ2n) is 3.62. The summed E-state index contributed by atoms with van der Waals surface area (Å²) >= 11 is 0. The van der Waals surface area contributed by atoms with Crippen molar-refractivity contribution in [2.75, 3.05) is 7.11 Å². The zero-order valence-corrected chi connectivity index (χ0v) is 13.9. The summed E-state index contributed by atoms with van der Waals surface area (Å²) < 4.78 is 0. The first-order valence-corrected chi connectivity index (χ1v) is 4.20. The first-order chi connectivity index (χ1) is 5.45. The van der Waals surface area contributed by atoms with Crippen LogP contribution in [0.2, 0.25) is 0 Å². The van der Waals surface area contributed by atoms with Crippen LogP contribution in [0.1, 0.15) is 34.6 Å². The number of hydrogen-bond donors (Lipinski definition) is 1. The molecule has 0 saturated heterocycles. The van der Waals surface area contributed by atoms with E-state index < -0.39 is 0 Å². The van der Waals surface area contributed by atoms with Crippen LogP contribution in [0, 0.1) is 26.3 Å². The fraction of sp³-hybridized carbons (Fsp3) is 0.538. The molecule has 1 N–H and O–H groups in total. The summed E-state index contributed by atoms with van der Waals surface area (Å²) in [7, 11) is 1.00. The summed E-state index contributed by atoms with van der Waals surface area (Å²) in [6.07, 6.45) is 3.44. The molecule has 0 spiro atoms. The molecule has 1 radical (unpaired) electrons. The molecule has 0 unspecified atom stereocenters. The van der Waals surface area contributed by atoms with Gasteiger partial charge in [-0.15, -0.1) is 6.92 Å². The third-order valence-electron chi connectivity index (χ3n) is 2.56. The third-order valence-corrected chi connectivity index (χ3v) is 2.56. The van der Waals surface area contributed by atoms with Gasteiger partial charge in [-0.2, -0.15) is 11.1 Å². The van der Waals surface area contributed by atoms with Crippen molar-refractivity contribution in [1.29, 1.82) is 0 Å². The maximum atomic E-state index is 7.00. The van der Waals surface area contributed by atoms with E-state index >= 15 is 0 Å². The zero-order chi connectivity index (χ0) is 9.94. The first-order valence-electron chi connectivity index (χ1n) is 4.20. The Labute approximate surface area is 116 Å². The minimum atomic E-state index is 0. The molecule has 2 heteroatoms. The first kappa shape index (κ1) is 24.5. The molecule has 0 saturated carbocycles. The van der Waals surface area contributed by atoms with Gasteiger partial charge in [-0.3, -0.25) is 6.08 Å². The molecule has 0 amide bonds. The molecule has 0 fully saturated rings. The third kappa shape index (κ3) is 5.83. The minimum absolute atomic E-state index is 0. The molecule has 15 heavy (non-hydrogen) atoms. The van der Waals surface area contributed by atoms with Gasteiger partial charge in [0.1, 0.15) is 0 Å². The van der Waals surface area contributed by atoms with Crippen molar-refractivity contribution in [3.8, 4) is 0 Å². The monoisotopic (exact) mass is 287 g/mol. The number of rotatable bonds is 0. The maximum Gasteiger partial charge on any atom is 3.00 e. The molecule has 0 aliphatic heterocycles. The zero-order valence-electron chi connectivity index (χ0n) is 11.4. The smallest absolute Gasteiger partial charge is 0.400 e. The minimum Gasteiger partial charge on any atom is -0.400 e. The summed E-state index contributed by atoms with van der Waals surface area (Å²) in [6.45, 7) is 10.9. The molecule has 0 heterocycles. The average Bonchev–Trinajstić information content (AvgIpc) is 2.19. The maximum absolute atomic E-state index is 7.00. The van der Waals surface area contributed by atoms with Crippen LogP contribution in [-0.2, 0) is 26.2 Å². The van der Waals surface area contributed by atoms with E-state index in [9.17, 15) is 0 Å². The molecule has 0 aromatic carbocycles. The van der Waals surface area contributed by atoms with E-state index in [1.54, 1.807) is 0 Å². The predicted octanol–water partition coefficient (Wildman–Crippen LogP) is 3.62. The van der Waals surface area contributed by atoms with Crippen LogP contribution < -0.4 is 0 Å². The van der Waals surface area contributed by atoms with Crippen LogP contribution in [0.5, 0.6) is 0 Å². The molecule has 0 atom stereocenters. The Kier molecular flexibility index (Phi) is 15.6. The van der Waals surface area contributed by atoms with Crippen molar-refractivity contribution in [3.63, 3.8) is 0 Å². The van der Waals surface area contributed by atoms with E-state index in [0.717, 1.165) is 7.11 Å². The van der Waals surface area contributed by atoms with Gasteiger partial charge in [0.15, 0.2) is 0 Å². The van der Waals surface area contributed by atoms with E-state index in [1.165, 1.54) is 16.7 Å². The fourth-order valence-corrected chi connectivity index (χ4v) is 1.41. The van der Waals surface area contributed by atoms with Gasteiger partial charge in [0.25, 0.3) is 0 Å². The Bertz CT molecular complexity index is 225. The second kappa shape index (κ2) is 9.54. The van der Waals surface area contributed by atoms with Crippen molar-refractivity contribution < 1.29 is 31.3 Å². The largest absolute Gasteiger partial charge is 3.00 e. The Hall–Kier alpha value is 0.323. The molecule has 1 rings (SSSR count). The van der Waals surface area contributed by atoms with Gasteiger partial charge in [-0.25, -0.2) is 5.57 Å². The van der Waals surface area contributed by atoms with Crippen molar-refractivity contribution in [2.24, 2.45) is 5.41 Å². The van der Waals surface area contributed by atoms with Crippen LogP contribution in [0.4, 0.5) is 0 Å². The summed E-state index contributed by atoms with van der Waals surface area (Å²) in [4.78, 5) is 0. The predicted molar refractivity (Wildman–Crippen MR) is 65.6 cm³/mol. The van der Waals surface area contributed by atoms with E-state index in [0.29, 0.717) is 0 Å². The van der Waals surface area contributed by atoms with Crippen molar-refractivity contribution in [2.45, 2.75) is 34.6 Å². The van der Waals surface area contributed by atoms with Gasteiger partial charge in [0.2, 0.25) is 0 Å². The molecule has 1 aliphatic rings. The topological polar surface area (TPSA) is 20.2 Å². The van der Waals surface area contributed by atoms with Gasteiger partial charge >= 0.3 is 26.2 Å². The normalized spacial score (nSPS) is 16.1. The molecule has 87 valence electrons. The number of hydrogen-bond acceptors (Lipinski definition) is 1. The molecular weight excluding hydrogens is 263 g/mol. The number of allylic oxidation sites excluding steroid dienone is 4. The van der Waals surface area contributed by atoms with Gasteiger partial charge in [0.05, 0.1) is 0 Å². The Morgan fingerprint density at radius 1 is 1.00 bits per heavy atom. The van der Waals surface area contributed by atoms with E-state index in [2.05, 4.69) is 40.7 Å². The molecular formula is C13H25OZr. The van der Waals surface area contributed by atoms with Crippen molar-refractivity contribution in [1.82, 2.24) is 0 Å². The Morgan fingerprint density at radius 2 is 1.33 bits per heavy atom. The van der Waals surface area contributed by atoms with Crippen molar-refractivity contribution >= 4 is 0 Å². The summed E-state index contributed by atoms with van der Waals surface area (Å²) in [6, 6.07) is 0. The summed E-state index contributed by atoms with van der Waals surface area (Å²) in [5, 5.41) is 7.00. The van der Waals surface area contributed by atoms with Gasteiger partial charge in [-0.05, 0) is 0 Å². The molecule has 0 aromatic heterocycles. The van der Waals surface area contributed by atoms with Gasteiger partial charge < -0.3 is 20.0 Å². The molecule has 0 aromatic rings. The van der Waals surface area contributed by atoms with Crippen LogP contribution in [0.25, 0.3) is 0 Å². The molecule has 0 bridgehead atoms. The molecule has 1 aliphatic carbocycles. The Balaban J connectivity index is -0.000000114. The second-order valence-corrected chi connectivity index (χ2v) is 3.62. The fourth-order valence-electron chi connectivity index (χ4n) is 1.41. The standard InChI is InChI=1S/C10H15.CH4O.2CH3.Zr/c1-7-6-10(4,5)9(3)8(7)2;1-2;;;/h1-5H3;2H,1H3;2*1H3;/q-1;;2*-1;+3. The SMILES string of the molecule is CC1=[C-]C(C)(C)C(C)=C1C.CO.[CH3-].[CH3-].[Zr+3]. The van der Waals surface area contributed by atoms with Gasteiger partial charge in [-0.1, -0.05) is 33.1 Å². The average molecular weight is 289 g/mol. The Morgan fingerprint density at radius 3 is 1.40 bits per heavy atom. The van der Waals surface area contributed by atoms with E-state index in [4.69, 9.17) is 5.11 Å². The summed E-state index contributed by atoms with van der Waals surface area (Å²) in [5.74, 6) is 0. The number of aliphatic hydroxyl groups is 1. The van der Waals surface area contributed by atoms with Crippen LogP contribution in [0.15, 0.2) is 16.7 Å². The quantitative estimate of drug-likeness (QED) is 0.675. The van der Waals surface area contributed by atoms with Crippen LogP contribution >= 0.6 is 0 Å².